The topological polar surface area (TPSA) is 73.9 Å². The van der Waals surface area contributed by atoms with E-state index in [-0.39, 0.29) is 11.8 Å². The number of aryl methyl sites for hydroxylation is 2. The second-order valence-electron chi connectivity index (χ2n) is 13.7. The summed E-state index contributed by atoms with van der Waals surface area (Å²) in [6.45, 7) is 22.6. The molecule has 4 rings (SSSR count). The zero-order valence-electron chi connectivity index (χ0n) is 27.7. The van der Waals surface area contributed by atoms with Gasteiger partial charge in [0.05, 0.1) is 11.1 Å². The summed E-state index contributed by atoms with van der Waals surface area (Å²) in [5.74, 6) is 1.19. The third kappa shape index (κ3) is 7.91. The van der Waals surface area contributed by atoms with Crippen LogP contribution in [0.4, 0.5) is 0 Å². The Morgan fingerprint density at radius 1 is 0.953 bits per heavy atom. The molecule has 1 atom stereocenters. The molecule has 6 heteroatoms. The molecule has 0 bridgehead atoms. The minimum absolute atomic E-state index is 0.161. The van der Waals surface area contributed by atoms with Gasteiger partial charge < -0.3 is 15.2 Å². The number of benzene rings is 1. The fourth-order valence-corrected chi connectivity index (χ4v) is 6.13. The fraction of sp³-hybridized carbons (Fsp3) is 0.486. The van der Waals surface area contributed by atoms with Gasteiger partial charge in [0.25, 0.3) is 0 Å². The molecule has 2 N–H and O–H groups in total. The summed E-state index contributed by atoms with van der Waals surface area (Å²) in [5, 5.41) is 4.78. The lowest BCUT2D eigenvalue weighted by molar-refractivity contribution is -0.137. The van der Waals surface area contributed by atoms with Crippen molar-refractivity contribution in [2.45, 2.75) is 80.1 Å². The number of hydrogen-bond donors (Lipinski definition) is 2. The first-order valence-corrected chi connectivity index (χ1v) is 15.9. The molecule has 0 spiro atoms. The average molecular weight is 582 g/mol. The normalized spacial score (nSPS) is 12.8. The Morgan fingerprint density at radius 2 is 1.58 bits per heavy atom. The second-order valence-corrected chi connectivity index (χ2v) is 13.7. The minimum Gasteiger partial charge on any atom is -0.341 e. The van der Waals surface area contributed by atoms with Crippen LogP contribution in [0, 0.1) is 25.7 Å². The standard InChI is InChI=1S/C37H51N5O/c1-24(2)22-42(23-25(3)4)36(43)37(8,9)31-19-32-33(28(7)20-39-15-12-29-10-13-38-14-11-29)34(41-35(32)40-21-31)30-17-26(5)16-27(6)18-30/h10-11,13-14,16-19,21,24-25,28,39H,12,15,20,22-23H2,1-9H3,(H,40,41)/t28-/m1/s1. The number of aromatic nitrogens is 3. The van der Waals surface area contributed by atoms with Crippen molar-refractivity contribution in [2.75, 3.05) is 26.2 Å². The monoisotopic (exact) mass is 581 g/mol. The molecule has 230 valence electrons. The van der Waals surface area contributed by atoms with Crippen molar-refractivity contribution in [1.82, 2.24) is 25.2 Å². The first kappa shape index (κ1) is 32.4. The lowest BCUT2D eigenvalue weighted by Gasteiger charge is -2.34. The van der Waals surface area contributed by atoms with E-state index in [0.717, 1.165) is 54.9 Å². The average Bonchev–Trinajstić information content (AvgIpc) is 3.33. The van der Waals surface area contributed by atoms with Crippen LogP contribution in [0.1, 0.15) is 82.2 Å². The van der Waals surface area contributed by atoms with E-state index >= 15 is 0 Å². The molecule has 0 aliphatic rings. The molecule has 1 amide bonds. The summed E-state index contributed by atoms with van der Waals surface area (Å²) in [4.78, 5) is 28.8. The van der Waals surface area contributed by atoms with Crippen LogP contribution in [0.3, 0.4) is 0 Å². The highest BCUT2D eigenvalue weighted by Crippen LogP contribution is 2.38. The lowest BCUT2D eigenvalue weighted by atomic mass is 9.82. The van der Waals surface area contributed by atoms with Gasteiger partial charge in [-0.3, -0.25) is 9.78 Å². The smallest absolute Gasteiger partial charge is 0.232 e. The quantitative estimate of drug-likeness (QED) is 0.160. The second kappa shape index (κ2) is 13.9. The van der Waals surface area contributed by atoms with Gasteiger partial charge in [-0.1, -0.05) is 51.8 Å². The zero-order valence-corrected chi connectivity index (χ0v) is 27.7. The van der Waals surface area contributed by atoms with E-state index < -0.39 is 5.41 Å². The van der Waals surface area contributed by atoms with Crippen molar-refractivity contribution >= 4 is 16.9 Å². The lowest BCUT2D eigenvalue weighted by Crippen LogP contribution is -2.46. The van der Waals surface area contributed by atoms with Crippen molar-refractivity contribution in [3.8, 4) is 11.3 Å². The summed E-state index contributed by atoms with van der Waals surface area (Å²) in [5.41, 5.74) is 8.39. The van der Waals surface area contributed by atoms with Crippen LogP contribution in [0.5, 0.6) is 0 Å². The first-order valence-electron chi connectivity index (χ1n) is 15.9. The number of carbonyl (C=O) groups is 1. The number of nitrogens with zero attached hydrogens (tertiary/aromatic N) is 3. The summed E-state index contributed by atoms with van der Waals surface area (Å²) >= 11 is 0. The number of fused-ring (bicyclic) bond motifs is 1. The Balaban J connectivity index is 1.72. The zero-order chi connectivity index (χ0) is 31.3. The third-order valence-corrected chi connectivity index (χ3v) is 8.20. The van der Waals surface area contributed by atoms with Crippen LogP contribution in [0.25, 0.3) is 22.3 Å². The largest absolute Gasteiger partial charge is 0.341 e. The van der Waals surface area contributed by atoms with Gasteiger partial charge >= 0.3 is 0 Å². The molecule has 0 aliphatic carbocycles. The number of rotatable bonds is 13. The van der Waals surface area contributed by atoms with Gasteiger partial charge in [-0.2, -0.15) is 0 Å². The fourth-order valence-electron chi connectivity index (χ4n) is 6.13. The van der Waals surface area contributed by atoms with Crippen LogP contribution in [-0.4, -0.2) is 51.9 Å². The van der Waals surface area contributed by atoms with Crippen molar-refractivity contribution in [2.24, 2.45) is 11.8 Å². The maximum absolute atomic E-state index is 14.1. The van der Waals surface area contributed by atoms with Crippen molar-refractivity contribution in [3.63, 3.8) is 0 Å². The predicted octanol–water partition coefficient (Wildman–Crippen LogP) is 7.60. The van der Waals surface area contributed by atoms with E-state index in [9.17, 15) is 4.79 Å². The van der Waals surface area contributed by atoms with Gasteiger partial charge in [-0.05, 0) is 111 Å². The van der Waals surface area contributed by atoms with Crippen LogP contribution in [-0.2, 0) is 16.6 Å². The Morgan fingerprint density at radius 3 is 2.19 bits per heavy atom. The number of amides is 1. The number of pyridine rings is 2. The first-order chi connectivity index (χ1) is 20.4. The van der Waals surface area contributed by atoms with Gasteiger partial charge in [0.2, 0.25) is 5.91 Å². The van der Waals surface area contributed by atoms with E-state index in [4.69, 9.17) is 4.98 Å². The van der Waals surface area contributed by atoms with Gasteiger partial charge in [0, 0.05) is 43.6 Å². The highest BCUT2D eigenvalue weighted by atomic mass is 16.2. The Kier molecular flexibility index (Phi) is 10.4. The molecular weight excluding hydrogens is 530 g/mol. The van der Waals surface area contributed by atoms with Crippen LogP contribution in [0.15, 0.2) is 55.0 Å². The summed E-state index contributed by atoms with van der Waals surface area (Å²) in [7, 11) is 0. The molecule has 1 aromatic carbocycles. The molecule has 3 heterocycles. The highest BCUT2D eigenvalue weighted by molar-refractivity contribution is 5.92. The molecule has 0 aliphatic heterocycles. The molecule has 6 nitrogen and oxygen atoms in total. The number of carbonyl (C=O) groups excluding carboxylic acids is 1. The van der Waals surface area contributed by atoms with E-state index in [1.165, 1.54) is 27.8 Å². The van der Waals surface area contributed by atoms with Crippen molar-refractivity contribution in [3.05, 3.63) is 82.8 Å². The maximum Gasteiger partial charge on any atom is 0.232 e. The van der Waals surface area contributed by atoms with Gasteiger partial charge in [-0.25, -0.2) is 4.98 Å². The molecular formula is C37H51N5O. The molecule has 0 radical (unpaired) electrons. The number of aromatic amines is 1. The molecule has 0 saturated heterocycles. The molecule has 0 fully saturated rings. The summed E-state index contributed by atoms with van der Waals surface area (Å²) in [6, 6.07) is 13.1. The summed E-state index contributed by atoms with van der Waals surface area (Å²) in [6.07, 6.45) is 6.55. The molecule has 4 aromatic rings. The van der Waals surface area contributed by atoms with Gasteiger partial charge in [0.15, 0.2) is 0 Å². The Labute approximate surface area is 258 Å². The van der Waals surface area contributed by atoms with E-state index in [0.29, 0.717) is 11.8 Å². The predicted molar refractivity (Wildman–Crippen MR) is 180 cm³/mol. The van der Waals surface area contributed by atoms with Crippen molar-refractivity contribution < 1.29 is 4.79 Å². The molecule has 43 heavy (non-hydrogen) atoms. The van der Waals surface area contributed by atoms with E-state index in [2.05, 4.69) is 100 Å². The van der Waals surface area contributed by atoms with Gasteiger partial charge in [0.1, 0.15) is 5.65 Å². The molecule has 0 saturated carbocycles. The number of hydrogen-bond acceptors (Lipinski definition) is 4. The van der Waals surface area contributed by atoms with Crippen LogP contribution in [0.2, 0.25) is 0 Å². The third-order valence-electron chi connectivity index (χ3n) is 8.20. The minimum atomic E-state index is -0.703. The highest BCUT2D eigenvalue weighted by Gasteiger charge is 2.35. The Hall–Kier alpha value is -3.51. The molecule has 0 unspecified atom stereocenters. The molecule has 3 aromatic heterocycles. The number of nitrogens with one attached hydrogen (secondary N) is 2. The SMILES string of the molecule is Cc1cc(C)cc(-c2[nH]c3ncc(C(C)(C)C(=O)N(CC(C)C)CC(C)C)cc3c2[C@H](C)CNCCc2ccncc2)c1. The van der Waals surface area contributed by atoms with Crippen molar-refractivity contribution in [1.29, 1.82) is 0 Å². The van der Waals surface area contributed by atoms with Gasteiger partial charge in [-0.15, -0.1) is 0 Å². The van der Waals surface area contributed by atoms with Crippen LogP contribution < -0.4 is 5.32 Å². The summed E-state index contributed by atoms with van der Waals surface area (Å²) < 4.78 is 0. The van der Waals surface area contributed by atoms with E-state index in [1.54, 1.807) is 0 Å². The van der Waals surface area contributed by atoms with Crippen LogP contribution >= 0.6 is 0 Å². The number of H-pyrrole nitrogens is 1. The van der Waals surface area contributed by atoms with E-state index in [1.807, 2.05) is 37.3 Å². The maximum atomic E-state index is 14.1. The Bertz CT molecular complexity index is 1490.